The molecule has 0 fully saturated rings. The first-order valence-electron chi connectivity index (χ1n) is 6.54. The normalized spacial score (nSPS) is 16.4. The van der Waals surface area contributed by atoms with Crippen LogP contribution in [0.15, 0.2) is 11.6 Å². The molecule has 0 radical (unpaired) electrons. The smallest absolute Gasteiger partial charge is 0.156 e. The number of carbonyl (C=O) groups excluding carboxylic acids is 1. The summed E-state index contributed by atoms with van der Waals surface area (Å²) >= 11 is 0. The minimum absolute atomic E-state index is 0.0644. The average molecular weight is 240 g/mol. The van der Waals surface area contributed by atoms with Crippen molar-refractivity contribution >= 4 is 5.78 Å². The molecule has 0 saturated heterocycles. The van der Waals surface area contributed by atoms with Crippen LogP contribution in [0, 0.1) is 0 Å². The summed E-state index contributed by atoms with van der Waals surface area (Å²) in [6.07, 6.45) is 10.2. The number of unbranched alkanes of at least 4 members (excludes halogenated alkanes) is 2. The minimum atomic E-state index is -0.0644. The predicted molar refractivity (Wildman–Crippen MR) is 67.8 cm³/mol. The van der Waals surface area contributed by atoms with Gasteiger partial charge < -0.3 is 9.47 Å². The molecule has 0 aromatic carbocycles. The zero-order valence-electron chi connectivity index (χ0n) is 11.0. The molecule has 1 aliphatic carbocycles. The Kier molecular flexibility index (Phi) is 7.13. The molecule has 0 heterocycles. The van der Waals surface area contributed by atoms with Crippen molar-refractivity contribution in [2.75, 3.05) is 14.2 Å². The molecule has 1 rings (SSSR count). The van der Waals surface area contributed by atoms with Gasteiger partial charge >= 0.3 is 0 Å². The molecule has 98 valence electrons. The summed E-state index contributed by atoms with van der Waals surface area (Å²) in [7, 11) is 3.35. The van der Waals surface area contributed by atoms with Gasteiger partial charge in [-0.3, -0.25) is 4.79 Å². The van der Waals surface area contributed by atoms with Gasteiger partial charge in [0.25, 0.3) is 0 Å². The number of allylic oxidation sites excluding steroid dienone is 2. The Labute approximate surface area is 104 Å². The molecule has 3 nitrogen and oxygen atoms in total. The maximum atomic E-state index is 11.2. The van der Waals surface area contributed by atoms with E-state index in [0.29, 0.717) is 5.78 Å². The van der Waals surface area contributed by atoms with E-state index in [4.69, 9.17) is 9.47 Å². The number of methoxy groups -OCH3 is 2. The second-order valence-electron chi connectivity index (χ2n) is 4.62. The van der Waals surface area contributed by atoms with E-state index in [-0.39, 0.29) is 6.29 Å². The van der Waals surface area contributed by atoms with Gasteiger partial charge in [0.05, 0.1) is 0 Å². The average Bonchev–Trinajstić information content (AvgIpc) is 2.34. The second kappa shape index (κ2) is 8.43. The first kappa shape index (κ1) is 14.4. The molecule has 1 aliphatic rings. The first-order chi connectivity index (χ1) is 8.26. The van der Waals surface area contributed by atoms with Gasteiger partial charge in [0, 0.05) is 20.6 Å². The fourth-order valence-electron chi connectivity index (χ4n) is 2.23. The molecule has 0 N–H and O–H groups in total. The van der Waals surface area contributed by atoms with Crippen LogP contribution in [-0.4, -0.2) is 26.3 Å². The topological polar surface area (TPSA) is 35.5 Å². The molecule has 0 aromatic heterocycles. The predicted octanol–water partition coefficient (Wildman–Crippen LogP) is 3.24. The van der Waals surface area contributed by atoms with Gasteiger partial charge in [-0.15, -0.1) is 0 Å². The van der Waals surface area contributed by atoms with Gasteiger partial charge in [-0.2, -0.15) is 0 Å². The fraction of sp³-hybridized carbons (Fsp3) is 0.786. The van der Waals surface area contributed by atoms with Crippen molar-refractivity contribution in [1.82, 2.24) is 0 Å². The highest BCUT2D eigenvalue weighted by Crippen LogP contribution is 2.21. The second-order valence-corrected chi connectivity index (χ2v) is 4.62. The highest BCUT2D eigenvalue weighted by molar-refractivity contribution is 5.91. The monoisotopic (exact) mass is 240 g/mol. The summed E-state index contributed by atoms with van der Waals surface area (Å²) in [4.78, 5) is 11.2. The largest absolute Gasteiger partial charge is 0.356 e. The molecular formula is C14H24O3. The third-order valence-electron chi connectivity index (χ3n) is 3.25. The lowest BCUT2D eigenvalue weighted by molar-refractivity contribution is -0.115. The van der Waals surface area contributed by atoms with Crippen molar-refractivity contribution < 1.29 is 14.3 Å². The zero-order chi connectivity index (χ0) is 12.5. The summed E-state index contributed by atoms with van der Waals surface area (Å²) < 4.78 is 10.3. The van der Waals surface area contributed by atoms with E-state index in [1.165, 1.54) is 18.4 Å². The maximum Gasteiger partial charge on any atom is 0.156 e. The third kappa shape index (κ3) is 5.99. The number of carbonyl (C=O) groups is 1. The maximum absolute atomic E-state index is 11.2. The van der Waals surface area contributed by atoms with Crippen molar-refractivity contribution in [3.8, 4) is 0 Å². The fourth-order valence-corrected chi connectivity index (χ4v) is 2.23. The molecule has 0 bridgehead atoms. The summed E-state index contributed by atoms with van der Waals surface area (Å²) in [6, 6.07) is 0. The van der Waals surface area contributed by atoms with E-state index in [0.717, 1.165) is 38.5 Å². The highest BCUT2D eigenvalue weighted by Gasteiger charge is 2.09. The molecule has 0 amide bonds. The lowest BCUT2D eigenvalue weighted by atomic mass is 9.94. The Hall–Kier alpha value is -0.670. The van der Waals surface area contributed by atoms with Gasteiger partial charge in [0.1, 0.15) is 0 Å². The Balaban J connectivity index is 2.06. The summed E-state index contributed by atoms with van der Waals surface area (Å²) in [5.74, 6) is 0.310. The molecule has 3 heteroatoms. The third-order valence-corrected chi connectivity index (χ3v) is 3.25. The molecular weight excluding hydrogens is 216 g/mol. The van der Waals surface area contributed by atoms with Crippen LogP contribution in [0.25, 0.3) is 0 Å². The van der Waals surface area contributed by atoms with Crippen LogP contribution in [0.1, 0.15) is 51.4 Å². The Morgan fingerprint density at radius 2 is 1.94 bits per heavy atom. The molecule has 0 atom stereocenters. The molecule has 0 unspecified atom stereocenters. The van der Waals surface area contributed by atoms with Crippen molar-refractivity contribution in [1.29, 1.82) is 0 Å². The van der Waals surface area contributed by atoms with Gasteiger partial charge in [0.2, 0.25) is 0 Å². The standard InChI is InChI=1S/C14H24O3/c1-16-14(17-2)10-5-3-4-7-12-8-6-9-13(15)11-12/h11,14H,3-10H2,1-2H3. The van der Waals surface area contributed by atoms with Gasteiger partial charge in [-0.05, 0) is 44.6 Å². The van der Waals surface area contributed by atoms with Crippen LogP contribution >= 0.6 is 0 Å². The number of hydrogen-bond donors (Lipinski definition) is 0. The van der Waals surface area contributed by atoms with Gasteiger partial charge in [-0.1, -0.05) is 12.0 Å². The lowest BCUT2D eigenvalue weighted by Crippen LogP contribution is -2.12. The molecule has 0 spiro atoms. The summed E-state index contributed by atoms with van der Waals surface area (Å²) in [6.45, 7) is 0. The minimum Gasteiger partial charge on any atom is -0.356 e. The van der Waals surface area contributed by atoms with Crippen molar-refractivity contribution in [2.24, 2.45) is 0 Å². The Morgan fingerprint density at radius 3 is 2.59 bits per heavy atom. The van der Waals surface area contributed by atoms with Crippen LogP contribution < -0.4 is 0 Å². The van der Waals surface area contributed by atoms with Crippen LogP contribution in [0.2, 0.25) is 0 Å². The Bertz CT molecular complexity index is 254. The quantitative estimate of drug-likeness (QED) is 0.482. The highest BCUT2D eigenvalue weighted by atomic mass is 16.7. The van der Waals surface area contributed by atoms with E-state index in [9.17, 15) is 4.79 Å². The van der Waals surface area contributed by atoms with Crippen LogP contribution in [0.3, 0.4) is 0 Å². The molecule has 0 saturated carbocycles. The van der Waals surface area contributed by atoms with E-state index in [1.54, 1.807) is 14.2 Å². The lowest BCUT2D eigenvalue weighted by Gasteiger charge is -2.14. The van der Waals surface area contributed by atoms with Crippen molar-refractivity contribution in [3.05, 3.63) is 11.6 Å². The van der Waals surface area contributed by atoms with Crippen LogP contribution in [0.5, 0.6) is 0 Å². The molecule has 0 aromatic rings. The number of ether oxygens (including phenoxy) is 2. The number of hydrogen-bond acceptors (Lipinski definition) is 3. The molecule has 17 heavy (non-hydrogen) atoms. The van der Waals surface area contributed by atoms with Crippen molar-refractivity contribution in [2.45, 2.75) is 57.7 Å². The van der Waals surface area contributed by atoms with E-state index < -0.39 is 0 Å². The first-order valence-corrected chi connectivity index (χ1v) is 6.54. The number of rotatable bonds is 8. The summed E-state index contributed by atoms with van der Waals surface area (Å²) in [5, 5.41) is 0. The van der Waals surface area contributed by atoms with Crippen LogP contribution in [-0.2, 0) is 14.3 Å². The molecule has 0 aliphatic heterocycles. The zero-order valence-corrected chi connectivity index (χ0v) is 11.0. The van der Waals surface area contributed by atoms with E-state index in [1.807, 2.05) is 6.08 Å². The van der Waals surface area contributed by atoms with E-state index >= 15 is 0 Å². The SMILES string of the molecule is COC(CCCCCC1=CC(=O)CCC1)OC. The van der Waals surface area contributed by atoms with E-state index in [2.05, 4.69) is 0 Å². The van der Waals surface area contributed by atoms with Gasteiger partial charge in [0.15, 0.2) is 12.1 Å². The van der Waals surface area contributed by atoms with Crippen LogP contribution in [0.4, 0.5) is 0 Å². The number of ketones is 1. The Morgan fingerprint density at radius 1 is 1.18 bits per heavy atom. The van der Waals surface area contributed by atoms with Gasteiger partial charge in [-0.25, -0.2) is 0 Å². The van der Waals surface area contributed by atoms with Crippen molar-refractivity contribution in [3.63, 3.8) is 0 Å². The summed E-state index contributed by atoms with van der Waals surface area (Å²) in [5.41, 5.74) is 1.34.